The van der Waals surface area contributed by atoms with Crippen LogP contribution in [0.4, 0.5) is 0 Å². The summed E-state index contributed by atoms with van der Waals surface area (Å²) in [6, 6.07) is 10.5. The summed E-state index contributed by atoms with van der Waals surface area (Å²) in [5.74, 6) is 2.34. The zero-order valence-electron chi connectivity index (χ0n) is 18.4. The van der Waals surface area contributed by atoms with Crippen LogP contribution in [0.25, 0.3) is 0 Å². The molecule has 1 heterocycles. The second-order valence-electron chi connectivity index (χ2n) is 8.49. The number of aromatic hydroxyl groups is 1. The van der Waals surface area contributed by atoms with E-state index >= 15 is 0 Å². The molecule has 4 heteroatoms. The number of carbonyl (C=O) groups excluding carboxylic acids is 1. The van der Waals surface area contributed by atoms with E-state index in [1.807, 2.05) is 6.07 Å². The average molecular weight is 409 g/mol. The number of methoxy groups -OCH3 is 1. The zero-order chi connectivity index (χ0) is 21.7. The highest BCUT2D eigenvalue weighted by Gasteiger charge is 2.30. The number of ketones is 1. The minimum absolute atomic E-state index is 0.0656. The predicted octanol–water partition coefficient (Wildman–Crippen LogP) is 6.42. The van der Waals surface area contributed by atoms with Gasteiger partial charge in [-0.05, 0) is 61.9 Å². The highest BCUT2D eigenvalue weighted by atomic mass is 16.5. The molecule has 1 N–H and O–H groups in total. The van der Waals surface area contributed by atoms with Gasteiger partial charge >= 0.3 is 0 Å². The Kier molecular flexibility index (Phi) is 7.20. The molecule has 0 saturated carbocycles. The minimum atomic E-state index is -0.368. The van der Waals surface area contributed by atoms with E-state index in [1.54, 1.807) is 37.4 Å². The minimum Gasteiger partial charge on any atom is -0.508 e. The Bertz CT molecular complexity index is 909. The van der Waals surface area contributed by atoms with Crippen molar-refractivity contribution in [2.24, 2.45) is 5.92 Å². The number of benzene rings is 2. The first-order valence-corrected chi connectivity index (χ1v) is 10.7. The summed E-state index contributed by atoms with van der Waals surface area (Å²) in [4.78, 5) is 12.8. The number of phenolic OH excluding ortho intramolecular Hbond substituents is 1. The van der Waals surface area contributed by atoms with E-state index in [9.17, 15) is 9.90 Å². The van der Waals surface area contributed by atoms with Gasteiger partial charge in [0.15, 0.2) is 5.78 Å². The van der Waals surface area contributed by atoms with E-state index in [1.165, 1.54) is 18.4 Å². The molecule has 0 fully saturated rings. The second-order valence-corrected chi connectivity index (χ2v) is 8.49. The standard InChI is InChI=1S/C26H32O4/c1-17(2)6-5-7-18(3)8-13-22-24(29-4)15-14-21-23(28)16-25(30-26(21)22)19-9-11-20(27)12-10-19/h8-12,14-15,17,25,27H,5-7,13,16H2,1-4H3/b18-8+. The third kappa shape index (κ3) is 5.24. The zero-order valence-corrected chi connectivity index (χ0v) is 18.4. The fourth-order valence-electron chi connectivity index (χ4n) is 3.85. The van der Waals surface area contributed by atoms with Crippen molar-refractivity contribution in [2.45, 2.75) is 59.0 Å². The maximum atomic E-state index is 12.8. The van der Waals surface area contributed by atoms with Gasteiger partial charge in [-0.3, -0.25) is 4.79 Å². The molecule has 0 saturated heterocycles. The monoisotopic (exact) mass is 408 g/mol. The van der Waals surface area contributed by atoms with Gasteiger partial charge in [-0.15, -0.1) is 0 Å². The molecule has 1 aliphatic heterocycles. The van der Waals surface area contributed by atoms with Crippen molar-refractivity contribution in [2.75, 3.05) is 7.11 Å². The van der Waals surface area contributed by atoms with E-state index < -0.39 is 0 Å². The summed E-state index contributed by atoms with van der Waals surface area (Å²) in [6.07, 6.45) is 6.28. The lowest BCUT2D eigenvalue weighted by atomic mass is 9.92. The average Bonchev–Trinajstić information content (AvgIpc) is 2.72. The Balaban J connectivity index is 1.86. The van der Waals surface area contributed by atoms with E-state index in [4.69, 9.17) is 9.47 Å². The summed E-state index contributed by atoms with van der Waals surface area (Å²) in [6.45, 7) is 6.66. The molecule has 0 radical (unpaired) electrons. The van der Waals surface area contributed by atoms with Crippen molar-refractivity contribution in [1.82, 2.24) is 0 Å². The van der Waals surface area contributed by atoms with Gasteiger partial charge < -0.3 is 14.6 Å². The van der Waals surface area contributed by atoms with Crippen LogP contribution >= 0.6 is 0 Å². The Morgan fingerprint density at radius 3 is 2.63 bits per heavy atom. The highest BCUT2D eigenvalue weighted by Crippen LogP contribution is 2.41. The first kappa shape index (κ1) is 21.9. The van der Waals surface area contributed by atoms with Crippen molar-refractivity contribution in [1.29, 1.82) is 0 Å². The second kappa shape index (κ2) is 9.84. The van der Waals surface area contributed by atoms with Crippen LogP contribution in [0.2, 0.25) is 0 Å². The topological polar surface area (TPSA) is 55.8 Å². The molecule has 0 bridgehead atoms. The third-order valence-corrected chi connectivity index (χ3v) is 5.64. The van der Waals surface area contributed by atoms with Crippen LogP contribution in [0.3, 0.4) is 0 Å². The molecular weight excluding hydrogens is 376 g/mol. The molecule has 1 unspecified atom stereocenters. The lowest BCUT2D eigenvalue weighted by molar-refractivity contribution is 0.0847. The molecule has 0 spiro atoms. The Morgan fingerprint density at radius 1 is 1.23 bits per heavy atom. The van der Waals surface area contributed by atoms with Crippen molar-refractivity contribution in [3.05, 3.63) is 64.7 Å². The summed E-state index contributed by atoms with van der Waals surface area (Å²) < 4.78 is 11.9. The van der Waals surface area contributed by atoms with E-state index in [0.29, 0.717) is 17.7 Å². The molecule has 0 amide bonds. The normalized spacial score (nSPS) is 16.4. The highest BCUT2D eigenvalue weighted by molar-refractivity contribution is 6.00. The molecule has 3 rings (SSSR count). The third-order valence-electron chi connectivity index (χ3n) is 5.64. The van der Waals surface area contributed by atoms with Crippen LogP contribution in [-0.4, -0.2) is 18.0 Å². The van der Waals surface area contributed by atoms with Gasteiger partial charge in [0.25, 0.3) is 0 Å². The number of allylic oxidation sites excluding steroid dienone is 2. The van der Waals surface area contributed by atoms with Crippen molar-refractivity contribution < 1.29 is 19.4 Å². The van der Waals surface area contributed by atoms with Crippen LogP contribution in [0.1, 0.15) is 74.0 Å². The SMILES string of the molecule is COc1ccc2c(c1C/C=C(\C)CCCC(C)C)OC(c1ccc(O)cc1)CC2=O. The van der Waals surface area contributed by atoms with Gasteiger partial charge in [0.1, 0.15) is 23.4 Å². The number of phenols is 1. The van der Waals surface area contributed by atoms with Gasteiger partial charge in [-0.25, -0.2) is 0 Å². The summed E-state index contributed by atoms with van der Waals surface area (Å²) in [5, 5.41) is 9.56. The molecule has 4 nitrogen and oxygen atoms in total. The molecule has 30 heavy (non-hydrogen) atoms. The van der Waals surface area contributed by atoms with Crippen molar-refractivity contribution in [3.8, 4) is 17.2 Å². The number of ether oxygens (including phenoxy) is 2. The summed E-state index contributed by atoms with van der Waals surface area (Å²) in [7, 11) is 1.65. The van der Waals surface area contributed by atoms with Crippen LogP contribution in [-0.2, 0) is 6.42 Å². The smallest absolute Gasteiger partial charge is 0.170 e. The van der Waals surface area contributed by atoms with Gasteiger partial charge in [-0.2, -0.15) is 0 Å². The molecule has 0 aliphatic carbocycles. The van der Waals surface area contributed by atoms with E-state index in [2.05, 4.69) is 26.8 Å². The molecule has 1 atom stereocenters. The van der Waals surface area contributed by atoms with Gasteiger partial charge in [-0.1, -0.05) is 44.1 Å². The van der Waals surface area contributed by atoms with Crippen molar-refractivity contribution in [3.63, 3.8) is 0 Å². The first-order chi connectivity index (χ1) is 14.4. The van der Waals surface area contributed by atoms with Crippen molar-refractivity contribution >= 4 is 5.78 Å². The number of fused-ring (bicyclic) bond motifs is 1. The Morgan fingerprint density at radius 2 is 1.97 bits per heavy atom. The molecule has 2 aromatic rings. The Hall–Kier alpha value is -2.75. The van der Waals surface area contributed by atoms with E-state index in [0.717, 1.165) is 29.2 Å². The van der Waals surface area contributed by atoms with Crippen LogP contribution < -0.4 is 9.47 Å². The predicted molar refractivity (Wildman–Crippen MR) is 120 cm³/mol. The van der Waals surface area contributed by atoms with Crippen LogP contribution in [0.5, 0.6) is 17.2 Å². The molecule has 2 aromatic carbocycles. The number of carbonyl (C=O) groups is 1. The molecular formula is C26H32O4. The summed E-state index contributed by atoms with van der Waals surface area (Å²) in [5.41, 5.74) is 3.75. The van der Waals surface area contributed by atoms with Gasteiger partial charge in [0.05, 0.1) is 19.1 Å². The fraction of sp³-hybridized carbons (Fsp3) is 0.423. The Labute approximate surface area is 179 Å². The lowest BCUT2D eigenvalue weighted by Crippen LogP contribution is -2.21. The molecule has 0 aromatic heterocycles. The van der Waals surface area contributed by atoms with Crippen LogP contribution in [0, 0.1) is 5.92 Å². The maximum Gasteiger partial charge on any atom is 0.170 e. The first-order valence-electron chi connectivity index (χ1n) is 10.7. The van der Waals surface area contributed by atoms with Crippen LogP contribution in [0.15, 0.2) is 48.0 Å². The molecule has 160 valence electrons. The van der Waals surface area contributed by atoms with E-state index in [-0.39, 0.29) is 24.1 Å². The summed E-state index contributed by atoms with van der Waals surface area (Å²) >= 11 is 0. The van der Waals surface area contributed by atoms with Gasteiger partial charge in [0, 0.05) is 5.56 Å². The number of hydrogen-bond donors (Lipinski definition) is 1. The lowest BCUT2D eigenvalue weighted by Gasteiger charge is -2.28. The number of rotatable bonds is 8. The number of Topliss-reactive ketones (excluding diaryl/α,β-unsaturated/α-hetero) is 1. The quantitative estimate of drug-likeness (QED) is 0.512. The van der Waals surface area contributed by atoms with Gasteiger partial charge in [0.2, 0.25) is 0 Å². The molecule has 1 aliphatic rings. The number of hydrogen-bond acceptors (Lipinski definition) is 4. The maximum absolute atomic E-state index is 12.8. The fourth-order valence-corrected chi connectivity index (χ4v) is 3.85. The largest absolute Gasteiger partial charge is 0.508 e.